The second-order valence-electron chi connectivity index (χ2n) is 11.8. The molecule has 44 heavy (non-hydrogen) atoms. The van der Waals surface area contributed by atoms with Crippen LogP contribution in [0.1, 0.15) is 52.8 Å². The fraction of sp³-hybridized carbons (Fsp3) is 0.382. The van der Waals surface area contributed by atoms with E-state index < -0.39 is 23.5 Å². The van der Waals surface area contributed by atoms with Crippen LogP contribution in [-0.4, -0.2) is 50.6 Å². The number of sulfonamides is 1. The average molecular weight is 749 g/mol. The minimum atomic E-state index is -3.50. The molecule has 0 spiro atoms. The third-order valence-electron chi connectivity index (χ3n) is 7.50. The SMILES string of the molecule is Cc1cc(C)c(N2[CH-]N(c3c(C)cc(C)cc3C)CC2)c(C)c1.[CH2-][O+](c1ccc(S(=O)(=O)N(C)C)cc1[CH]=[Ru]([Cl])[Cl])C(C)C. The van der Waals surface area contributed by atoms with Crippen molar-refractivity contribution < 1.29 is 26.3 Å². The number of rotatable bonds is 7. The summed E-state index contributed by atoms with van der Waals surface area (Å²) in [5, 5.41) is 0. The normalized spacial score (nSPS) is 13.8. The van der Waals surface area contributed by atoms with Gasteiger partial charge in [-0.2, -0.15) is 6.67 Å². The first kappa shape index (κ1) is 36.5. The molecule has 3 aromatic rings. The summed E-state index contributed by atoms with van der Waals surface area (Å²) in [6.07, 6.45) is 0.0831. The van der Waals surface area contributed by atoms with Gasteiger partial charge in [-0.1, -0.05) is 35.4 Å². The molecular weight excluding hydrogens is 702 g/mol. The van der Waals surface area contributed by atoms with Crippen molar-refractivity contribution in [3.05, 3.63) is 95.2 Å². The summed E-state index contributed by atoms with van der Waals surface area (Å²) in [5.41, 5.74) is 11.5. The Hall–Kier alpha value is -1.96. The molecule has 0 bridgehead atoms. The Morgan fingerprint density at radius 3 is 1.66 bits per heavy atom. The zero-order valence-corrected chi connectivity index (χ0v) is 31.5. The van der Waals surface area contributed by atoms with E-state index in [1.165, 1.54) is 63.2 Å². The van der Waals surface area contributed by atoms with Gasteiger partial charge < -0.3 is 9.80 Å². The van der Waals surface area contributed by atoms with E-state index in [-0.39, 0.29) is 11.0 Å². The van der Waals surface area contributed by atoms with Crippen LogP contribution in [0.4, 0.5) is 11.4 Å². The van der Waals surface area contributed by atoms with Crippen LogP contribution in [0.15, 0.2) is 47.4 Å². The number of benzene rings is 3. The van der Waals surface area contributed by atoms with Crippen molar-refractivity contribution in [3.8, 4) is 5.75 Å². The molecule has 4 rings (SSSR count). The first-order chi connectivity index (χ1) is 20.4. The van der Waals surface area contributed by atoms with Crippen molar-refractivity contribution in [3.63, 3.8) is 0 Å². The molecule has 0 atom stereocenters. The minimum absolute atomic E-state index is 0.0831. The van der Waals surface area contributed by atoms with E-state index in [0.717, 1.165) is 18.8 Å². The van der Waals surface area contributed by atoms with Gasteiger partial charge in [-0.15, -0.1) is 0 Å². The topological polar surface area (TPSA) is 46.6 Å². The molecule has 6 nitrogen and oxygen atoms in total. The molecule has 10 heteroatoms. The van der Waals surface area contributed by atoms with Gasteiger partial charge in [0, 0.05) is 24.5 Å². The number of aryl methyl sites for hydroxylation is 6. The van der Waals surface area contributed by atoms with Gasteiger partial charge in [0.05, 0.1) is 0 Å². The summed E-state index contributed by atoms with van der Waals surface area (Å²) in [4.78, 5) is 5.01. The summed E-state index contributed by atoms with van der Waals surface area (Å²) in [6, 6.07) is 13.9. The Bertz CT molecular complexity index is 1530. The van der Waals surface area contributed by atoms with Crippen LogP contribution in [0.25, 0.3) is 0 Å². The molecule has 1 aliphatic rings. The molecule has 0 radical (unpaired) electrons. The van der Waals surface area contributed by atoms with Gasteiger partial charge in [0.1, 0.15) is 0 Å². The van der Waals surface area contributed by atoms with Crippen LogP contribution in [0.5, 0.6) is 5.75 Å². The number of anilines is 2. The Balaban J connectivity index is 0.000000242. The van der Waals surface area contributed by atoms with Crippen molar-refractivity contribution in [2.75, 3.05) is 37.0 Å². The predicted molar refractivity (Wildman–Crippen MR) is 186 cm³/mol. The van der Waals surface area contributed by atoms with E-state index in [1.807, 2.05) is 13.8 Å². The zero-order valence-electron chi connectivity index (χ0n) is 27.5. The Morgan fingerprint density at radius 1 is 0.864 bits per heavy atom. The Morgan fingerprint density at radius 2 is 1.30 bits per heavy atom. The summed E-state index contributed by atoms with van der Waals surface area (Å²) >= 11 is -2.10. The summed E-state index contributed by atoms with van der Waals surface area (Å²) in [5.74, 6) is 0.725. The van der Waals surface area contributed by atoms with Crippen molar-refractivity contribution in [1.29, 1.82) is 0 Å². The van der Waals surface area contributed by atoms with E-state index in [1.54, 1.807) is 22.8 Å². The predicted octanol–water partition coefficient (Wildman–Crippen LogP) is 8.46. The molecule has 0 N–H and O–H groups in total. The summed E-state index contributed by atoms with van der Waals surface area (Å²) in [7, 11) is 15.3. The first-order valence-electron chi connectivity index (χ1n) is 14.4. The fourth-order valence-corrected chi connectivity index (χ4v) is 8.36. The van der Waals surface area contributed by atoms with Gasteiger partial charge in [-0.25, -0.2) is 0 Å². The first-order valence-corrected chi connectivity index (χ1v) is 21.3. The van der Waals surface area contributed by atoms with Crippen molar-refractivity contribution >= 4 is 45.4 Å². The van der Waals surface area contributed by atoms with E-state index in [4.69, 9.17) is 19.4 Å². The summed E-state index contributed by atoms with van der Waals surface area (Å²) in [6.45, 7) is 21.5. The maximum atomic E-state index is 12.2. The van der Waals surface area contributed by atoms with Crippen LogP contribution in [-0.2, 0) is 27.9 Å². The molecular formula is C34H46Cl2N3O3RuS-. The van der Waals surface area contributed by atoms with E-state index in [9.17, 15) is 8.42 Å². The molecule has 0 unspecified atom stereocenters. The van der Waals surface area contributed by atoms with Crippen molar-refractivity contribution in [2.45, 2.75) is 66.4 Å². The molecule has 1 aliphatic heterocycles. The number of halogens is 2. The average Bonchev–Trinajstić information content (AvgIpc) is 3.35. The van der Waals surface area contributed by atoms with Crippen molar-refractivity contribution in [2.24, 2.45) is 0 Å². The van der Waals surface area contributed by atoms with E-state index in [2.05, 4.69) is 93.8 Å². The quantitative estimate of drug-likeness (QED) is 0.138. The maximum absolute atomic E-state index is 12.2. The van der Waals surface area contributed by atoms with Crippen LogP contribution in [0.2, 0.25) is 0 Å². The standard InChI is InChI=1S/C21H27N2.C13H19NO3S.2ClH.Ru/c1-14-9-16(3)20(17(4)10-14)22-7-8-23(13-22)21-18(5)11-15(2)12-19(21)6;1-10(2)17(6)13-8-7-12(9-11(13)3)18(15,16)14(4)5;;;/h9-13H,7-8H2,1-6H3;3,7-10H,6H2,1-2,4-5H3;2*1H;/q-1;;;;+2/p-2. The Kier molecular flexibility index (Phi) is 12.5. The molecule has 0 amide bonds. The molecule has 1 fully saturated rings. The van der Waals surface area contributed by atoms with Gasteiger partial charge in [-0.3, -0.25) is 0 Å². The van der Waals surface area contributed by atoms with Crippen LogP contribution in [0.3, 0.4) is 0 Å². The molecule has 3 aromatic carbocycles. The third kappa shape index (κ3) is 8.64. The molecule has 0 aliphatic carbocycles. The molecule has 0 aromatic heterocycles. The van der Waals surface area contributed by atoms with E-state index >= 15 is 0 Å². The van der Waals surface area contributed by atoms with Crippen LogP contribution < -0.4 is 9.80 Å². The third-order valence-corrected chi connectivity index (χ3v) is 11.1. The van der Waals surface area contributed by atoms with Crippen LogP contribution >= 0.6 is 19.4 Å². The van der Waals surface area contributed by atoms with Gasteiger partial charge in [0.15, 0.2) is 0 Å². The molecule has 1 heterocycles. The van der Waals surface area contributed by atoms with E-state index in [0.29, 0.717) is 5.56 Å². The number of hydrogen-bond donors (Lipinski definition) is 0. The monoisotopic (exact) mass is 748 g/mol. The molecule has 1 saturated heterocycles. The summed E-state index contributed by atoms with van der Waals surface area (Å²) < 4.78 is 30.0. The van der Waals surface area contributed by atoms with Gasteiger partial charge in [0.25, 0.3) is 0 Å². The van der Waals surface area contributed by atoms with Gasteiger partial charge >= 0.3 is 140 Å². The molecule has 244 valence electrons. The second kappa shape index (κ2) is 15.1. The molecule has 0 saturated carbocycles. The number of nitrogens with zero attached hydrogens (tertiary/aromatic N) is 3. The fourth-order valence-electron chi connectivity index (χ4n) is 5.64. The van der Waals surface area contributed by atoms with Crippen molar-refractivity contribution in [1.82, 2.24) is 4.31 Å². The van der Waals surface area contributed by atoms with Crippen LogP contribution in [0, 0.1) is 55.3 Å². The number of hydrogen-bond acceptors (Lipinski definition) is 4. The van der Waals surface area contributed by atoms with Gasteiger partial charge in [0.2, 0.25) is 0 Å². The zero-order chi connectivity index (χ0) is 33.1. The Labute approximate surface area is 278 Å². The second-order valence-corrected chi connectivity index (χ2v) is 19.6. The van der Waals surface area contributed by atoms with Gasteiger partial charge in [-0.05, 0) is 63.8 Å².